The van der Waals surface area contributed by atoms with E-state index in [0.29, 0.717) is 34.8 Å². The number of benzene rings is 1. The van der Waals surface area contributed by atoms with Crippen LogP contribution < -0.4 is 5.32 Å². The minimum absolute atomic E-state index is 0.164. The lowest BCUT2D eigenvalue weighted by atomic mass is 10.2. The average Bonchev–Trinajstić information content (AvgIpc) is 3.10. The molecule has 2 heterocycles. The summed E-state index contributed by atoms with van der Waals surface area (Å²) in [6.07, 6.45) is 3.41. The van der Waals surface area contributed by atoms with Crippen LogP contribution in [0.4, 0.5) is 5.69 Å². The van der Waals surface area contributed by atoms with Crippen molar-refractivity contribution >= 4 is 35.0 Å². The molecule has 0 atom stereocenters. The fourth-order valence-electron chi connectivity index (χ4n) is 2.53. The maximum atomic E-state index is 12.3. The van der Waals surface area contributed by atoms with Gasteiger partial charge in [-0.1, -0.05) is 29.4 Å². The summed E-state index contributed by atoms with van der Waals surface area (Å²) in [4.78, 5) is 16.4. The first kappa shape index (κ1) is 20.3. The van der Waals surface area contributed by atoms with Gasteiger partial charge in [0.25, 0.3) is 0 Å². The van der Waals surface area contributed by atoms with E-state index in [1.807, 2.05) is 35.8 Å². The maximum absolute atomic E-state index is 12.3. The summed E-state index contributed by atoms with van der Waals surface area (Å²) in [7, 11) is 1.64. The lowest BCUT2D eigenvalue weighted by molar-refractivity contribution is -0.113. The highest BCUT2D eigenvalue weighted by molar-refractivity contribution is 7.99. The Hall–Kier alpha value is -2.42. The van der Waals surface area contributed by atoms with Crippen molar-refractivity contribution in [3.63, 3.8) is 0 Å². The van der Waals surface area contributed by atoms with Crippen LogP contribution >= 0.6 is 23.4 Å². The van der Waals surface area contributed by atoms with Crippen molar-refractivity contribution in [3.05, 3.63) is 53.3 Å². The molecule has 0 unspecified atom stereocenters. The van der Waals surface area contributed by atoms with Crippen molar-refractivity contribution in [3.8, 4) is 11.4 Å². The van der Waals surface area contributed by atoms with Crippen LogP contribution in [0.1, 0.15) is 5.56 Å². The third-order valence-electron chi connectivity index (χ3n) is 3.91. The van der Waals surface area contributed by atoms with Crippen LogP contribution in [0.25, 0.3) is 11.4 Å². The van der Waals surface area contributed by atoms with Gasteiger partial charge in [-0.25, -0.2) is 0 Å². The summed E-state index contributed by atoms with van der Waals surface area (Å²) in [6.45, 7) is 3.03. The number of aromatic nitrogens is 4. The molecule has 1 amide bonds. The molecule has 3 rings (SSSR count). The van der Waals surface area contributed by atoms with E-state index < -0.39 is 0 Å². The van der Waals surface area contributed by atoms with Crippen LogP contribution in [0.15, 0.2) is 47.9 Å². The first-order valence-electron chi connectivity index (χ1n) is 8.60. The number of amides is 1. The Morgan fingerprint density at radius 1 is 1.25 bits per heavy atom. The molecule has 0 aliphatic heterocycles. The Morgan fingerprint density at radius 3 is 2.75 bits per heavy atom. The summed E-state index contributed by atoms with van der Waals surface area (Å²) in [6, 6.07) is 9.24. The number of carbonyl (C=O) groups is 1. The number of thioether (sulfide) groups is 1. The number of anilines is 1. The molecule has 1 aromatic carbocycles. The molecule has 146 valence electrons. The van der Waals surface area contributed by atoms with Crippen LogP contribution in [0.3, 0.4) is 0 Å². The number of nitrogens with zero attached hydrogens (tertiary/aromatic N) is 4. The summed E-state index contributed by atoms with van der Waals surface area (Å²) in [5, 5.41) is 12.5. The average molecular weight is 418 g/mol. The standard InChI is InChI=1S/C19H20ClN5O2S/c1-13-3-4-16(15(20)11-13)22-17(26)12-28-19-24-23-18(25(19)9-10-27-2)14-5-7-21-8-6-14/h3-8,11H,9-10,12H2,1-2H3,(H,22,26). The van der Waals surface area contributed by atoms with Gasteiger partial charge in [0.1, 0.15) is 0 Å². The van der Waals surface area contributed by atoms with Crippen LogP contribution in [0.2, 0.25) is 5.02 Å². The molecule has 0 radical (unpaired) electrons. The SMILES string of the molecule is COCCn1c(SCC(=O)Nc2ccc(C)cc2Cl)nnc1-c1ccncc1. The third-order valence-corrected chi connectivity index (χ3v) is 5.18. The Balaban J connectivity index is 1.71. The predicted octanol–water partition coefficient (Wildman–Crippen LogP) is 3.68. The molecule has 1 N–H and O–H groups in total. The highest BCUT2D eigenvalue weighted by atomic mass is 35.5. The second-order valence-electron chi connectivity index (χ2n) is 6.01. The quantitative estimate of drug-likeness (QED) is 0.563. The topological polar surface area (TPSA) is 81.9 Å². The maximum Gasteiger partial charge on any atom is 0.234 e. The van der Waals surface area contributed by atoms with Gasteiger partial charge in [-0.3, -0.25) is 14.3 Å². The van der Waals surface area contributed by atoms with Gasteiger partial charge in [0.05, 0.1) is 29.6 Å². The van der Waals surface area contributed by atoms with Crippen molar-refractivity contribution in [1.82, 2.24) is 19.7 Å². The fraction of sp³-hybridized carbons (Fsp3) is 0.263. The number of nitrogens with one attached hydrogen (secondary N) is 1. The number of pyridine rings is 1. The molecule has 0 fully saturated rings. The molecule has 9 heteroatoms. The van der Waals surface area contributed by atoms with Gasteiger partial charge in [0, 0.05) is 25.1 Å². The zero-order valence-electron chi connectivity index (χ0n) is 15.6. The summed E-state index contributed by atoms with van der Waals surface area (Å²) < 4.78 is 7.14. The van der Waals surface area contributed by atoms with Gasteiger partial charge in [-0.15, -0.1) is 10.2 Å². The van der Waals surface area contributed by atoms with Gasteiger partial charge >= 0.3 is 0 Å². The lowest BCUT2D eigenvalue weighted by Crippen LogP contribution is -2.15. The summed E-state index contributed by atoms with van der Waals surface area (Å²) >= 11 is 7.49. The van der Waals surface area contributed by atoms with Gasteiger partial charge in [-0.2, -0.15) is 0 Å². The van der Waals surface area contributed by atoms with E-state index in [4.69, 9.17) is 16.3 Å². The smallest absolute Gasteiger partial charge is 0.234 e. The number of aryl methyl sites for hydroxylation is 1. The molecule has 0 aliphatic carbocycles. The molecule has 0 bridgehead atoms. The minimum Gasteiger partial charge on any atom is -0.383 e. The van der Waals surface area contributed by atoms with E-state index in [1.165, 1.54) is 11.8 Å². The molecular weight excluding hydrogens is 398 g/mol. The van der Waals surface area contributed by atoms with Crippen molar-refractivity contribution in [2.24, 2.45) is 0 Å². The Labute approximate surface area is 172 Å². The summed E-state index contributed by atoms with van der Waals surface area (Å²) in [5.74, 6) is 0.734. The number of hydrogen-bond donors (Lipinski definition) is 1. The Kier molecular flexibility index (Phi) is 7.02. The molecule has 0 saturated carbocycles. The van der Waals surface area contributed by atoms with Gasteiger partial charge in [0.15, 0.2) is 11.0 Å². The highest BCUT2D eigenvalue weighted by Gasteiger charge is 2.16. The van der Waals surface area contributed by atoms with Crippen LogP contribution in [-0.2, 0) is 16.1 Å². The van der Waals surface area contributed by atoms with Crippen molar-refractivity contribution < 1.29 is 9.53 Å². The molecule has 0 spiro atoms. The molecule has 2 aromatic heterocycles. The van der Waals surface area contributed by atoms with Gasteiger partial charge in [-0.05, 0) is 36.8 Å². The zero-order valence-corrected chi connectivity index (χ0v) is 17.1. The molecular formula is C19H20ClN5O2S. The zero-order chi connectivity index (χ0) is 19.9. The van der Waals surface area contributed by atoms with E-state index in [2.05, 4.69) is 20.5 Å². The number of methoxy groups -OCH3 is 1. The van der Waals surface area contributed by atoms with Crippen molar-refractivity contribution in [1.29, 1.82) is 0 Å². The predicted molar refractivity (Wildman–Crippen MR) is 111 cm³/mol. The summed E-state index contributed by atoms with van der Waals surface area (Å²) in [5.41, 5.74) is 2.53. The third kappa shape index (κ3) is 5.09. The largest absolute Gasteiger partial charge is 0.383 e. The number of rotatable bonds is 8. The van der Waals surface area contributed by atoms with E-state index in [-0.39, 0.29) is 11.7 Å². The number of halogens is 1. The normalized spacial score (nSPS) is 10.8. The monoisotopic (exact) mass is 417 g/mol. The number of ether oxygens (including phenoxy) is 1. The second kappa shape index (κ2) is 9.68. The Morgan fingerprint density at radius 2 is 2.04 bits per heavy atom. The van der Waals surface area contributed by atoms with E-state index >= 15 is 0 Å². The minimum atomic E-state index is -0.164. The molecule has 0 saturated heterocycles. The van der Waals surface area contributed by atoms with Crippen molar-refractivity contribution in [2.45, 2.75) is 18.6 Å². The van der Waals surface area contributed by atoms with E-state index in [9.17, 15) is 4.79 Å². The van der Waals surface area contributed by atoms with Crippen LogP contribution in [0, 0.1) is 6.92 Å². The highest BCUT2D eigenvalue weighted by Crippen LogP contribution is 2.25. The van der Waals surface area contributed by atoms with Crippen LogP contribution in [-0.4, -0.2) is 45.1 Å². The number of carbonyl (C=O) groups excluding carboxylic acids is 1. The van der Waals surface area contributed by atoms with E-state index in [1.54, 1.807) is 25.6 Å². The molecule has 28 heavy (non-hydrogen) atoms. The first-order valence-corrected chi connectivity index (χ1v) is 9.96. The van der Waals surface area contributed by atoms with Crippen molar-refractivity contribution in [2.75, 3.05) is 24.8 Å². The van der Waals surface area contributed by atoms with Crippen LogP contribution in [0.5, 0.6) is 0 Å². The molecule has 0 aliphatic rings. The first-order chi connectivity index (χ1) is 13.6. The number of hydrogen-bond acceptors (Lipinski definition) is 6. The second-order valence-corrected chi connectivity index (χ2v) is 7.36. The van der Waals surface area contributed by atoms with Gasteiger partial charge < -0.3 is 10.1 Å². The fourth-order valence-corrected chi connectivity index (χ4v) is 3.58. The van der Waals surface area contributed by atoms with Gasteiger partial charge in [0.2, 0.25) is 5.91 Å². The lowest BCUT2D eigenvalue weighted by Gasteiger charge is -2.10. The van der Waals surface area contributed by atoms with E-state index in [0.717, 1.165) is 11.1 Å². The molecule has 7 nitrogen and oxygen atoms in total. The molecule has 3 aromatic rings. The Bertz CT molecular complexity index is 949.